The van der Waals surface area contributed by atoms with Gasteiger partial charge in [0.1, 0.15) is 11.6 Å². The zero-order valence-electron chi connectivity index (χ0n) is 16.8. The average Bonchev–Trinajstić information content (AvgIpc) is 2.99. The predicted octanol–water partition coefficient (Wildman–Crippen LogP) is 6.62. The van der Waals surface area contributed by atoms with Crippen LogP contribution in [0.15, 0.2) is 52.5 Å². The van der Waals surface area contributed by atoms with Crippen LogP contribution in [0.4, 0.5) is 11.4 Å². The van der Waals surface area contributed by atoms with Crippen molar-refractivity contribution in [3.8, 4) is 11.8 Å². The van der Waals surface area contributed by atoms with Gasteiger partial charge in [-0.25, -0.2) is 0 Å². The highest BCUT2D eigenvalue weighted by atomic mass is 79.9. The molecule has 0 aliphatic heterocycles. The van der Waals surface area contributed by atoms with Gasteiger partial charge in [0.15, 0.2) is 0 Å². The monoisotopic (exact) mass is 532 g/mol. The molecule has 0 radical (unpaired) electrons. The van der Waals surface area contributed by atoms with E-state index < -0.39 is 10.8 Å². The lowest BCUT2D eigenvalue weighted by Gasteiger charge is -2.11. The lowest BCUT2D eigenvalue weighted by molar-refractivity contribution is -0.384. The van der Waals surface area contributed by atoms with Gasteiger partial charge in [-0.15, -0.1) is 0 Å². The first kappa shape index (κ1) is 23.5. The summed E-state index contributed by atoms with van der Waals surface area (Å²) in [5, 5.41) is 24.0. The second kappa shape index (κ2) is 9.57. The highest BCUT2D eigenvalue weighted by molar-refractivity contribution is 9.10. The molecule has 0 spiro atoms. The molecule has 1 aromatic heterocycles. The number of nitriles is 1. The number of hydrogen-bond acceptors (Lipinski definition) is 4. The summed E-state index contributed by atoms with van der Waals surface area (Å²) in [5.41, 5.74) is 3.14. The van der Waals surface area contributed by atoms with Crippen LogP contribution in [0.2, 0.25) is 10.0 Å². The molecule has 0 saturated carbocycles. The molecule has 162 valence electrons. The van der Waals surface area contributed by atoms with Gasteiger partial charge in [0.2, 0.25) is 0 Å². The maximum absolute atomic E-state index is 12.7. The number of aromatic nitrogens is 1. The fourth-order valence-corrected chi connectivity index (χ4v) is 4.19. The number of halogens is 3. The van der Waals surface area contributed by atoms with Gasteiger partial charge in [0, 0.05) is 43.7 Å². The van der Waals surface area contributed by atoms with Gasteiger partial charge in [-0.1, -0.05) is 23.2 Å². The lowest BCUT2D eigenvalue weighted by Crippen LogP contribution is -2.14. The number of non-ortho nitro benzene ring substituents is 1. The molecule has 3 rings (SSSR count). The van der Waals surface area contributed by atoms with E-state index >= 15 is 0 Å². The maximum atomic E-state index is 12.7. The number of rotatable bonds is 5. The molecule has 0 aliphatic carbocycles. The van der Waals surface area contributed by atoms with Crippen molar-refractivity contribution in [1.82, 2.24) is 4.57 Å². The average molecular weight is 534 g/mol. The van der Waals surface area contributed by atoms with Crippen molar-refractivity contribution < 1.29 is 9.72 Å². The Morgan fingerprint density at radius 3 is 2.41 bits per heavy atom. The first-order chi connectivity index (χ1) is 15.1. The number of anilines is 1. The number of nitrogens with one attached hydrogen (secondary N) is 1. The van der Waals surface area contributed by atoms with Crippen molar-refractivity contribution in [1.29, 1.82) is 5.26 Å². The van der Waals surface area contributed by atoms with E-state index in [4.69, 9.17) is 23.2 Å². The topological polar surface area (TPSA) is 101 Å². The molecule has 10 heteroatoms. The Hall–Kier alpha value is -3.12. The van der Waals surface area contributed by atoms with Crippen LogP contribution in [-0.2, 0) is 4.79 Å². The number of hydrogen-bond donors (Lipinski definition) is 1. The van der Waals surface area contributed by atoms with Gasteiger partial charge < -0.3 is 9.88 Å². The van der Waals surface area contributed by atoms with Crippen LogP contribution in [-0.4, -0.2) is 15.4 Å². The minimum Gasteiger partial charge on any atom is -0.320 e. The fourth-order valence-electron chi connectivity index (χ4n) is 3.21. The number of nitro benzene ring substituents is 1. The Labute approximate surface area is 202 Å². The van der Waals surface area contributed by atoms with Gasteiger partial charge >= 0.3 is 0 Å². The Kier molecular flexibility index (Phi) is 7.04. The van der Waals surface area contributed by atoms with Crippen molar-refractivity contribution in [3.05, 3.63) is 89.6 Å². The van der Waals surface area contributed by atoms with Gasteiger partial charge in [-0.2, -0.15) is 5.26 Å². The van der Waals surface area contributed by atoms with Crippen molar-refractivity contribution in [2.75, 3.05) is 5.32 Å². The SMILES string of the molecule is Cc1cc(/C=C(\C#N)C(=O)Nc2ccc([N+](=O)[O-])cc2Br)c(C)n1-c1cc(Cl)cc(Cl)c1. The Balaban J connectivity index is 1.94. The van der Waals surface area contributed by atoms with Crippen molar-refractivity contribution in [3.63, 3.8) is 0 Å². The van der Waals surface area contributed by atoms with Crippen molar-refractivity contribution in [2.45, 2.75) is 13.8 Å². The zero-order chi connectivity index (χ0) is 23.6. The van der Waals surface area contributed by atoms with Crippen LogP contribution < -0.4 is 5.32 Å². The Morgan fingerprint density at radius 2 is 1.84 bits per heavy atom. The largest absolute Gasteiger partial charge is 0.320 e. The molecule has 7 nitrogen and oxygen atoms in total. The quantitative estimate of drug-likeness (QED) is 0.172. The third kappa shape index (κ3) is 5.02. The number of nitrogens with zero attached hydrogens (tertiary/aromatic N) is 3. The van der Waals surface area contributed by atoms with E-state index in [2.05, 4.69) is 21.2 Å². The predicted molar refractivity (Wildman–Crippen MR) is 128 cm³/mol. The molecule has 2 aromatic carbocycles. The lowest BCUT2D eigenvalue weighted by atomic mass is 10.1. The first-order valence-corrected chi connectivity index (χ1v) is 10.7. The standard InChI is InChI=1S/C22H15BrCl2N4O3/c1-12-5-14(13(2)28(12)19-8-16(24)7-17(25)9-19)6-15(11-26)22(30)27-21-4-3-18(29(31)32)10-20(21)23/h3-10H,1-2H3,(H,27,30)/b15-6+. The van der Waals surface area contributed by atoms with Crippen molar-refractivity contribution in [2.24, 2.45) is 0 Å². The van der Waals surface area contributed by atoms with Gasteiger partial charge in [-0.05, 0) is 71.7 Å². The molecule has 0 fully saturated rings. The minimum absolute atomic E-state index is 0.125. The highest BCUT2D eigenvalue weighted by Gasteiger charge is 2.16. The number of benzene rings is 2. The Bertz CT molecular complexity index is 1310. The fraction of sp³-hybridized carbons (Fsp3) is 0.0909. The molecule has 0 aliphatic rings. The Morgan fingerprint density at radius 1 is 1.19 bits per heavy atom. The molecule has 1 amide bonds. The molecular weight excluding hydrogens is 519 g/mol. The summed E-state index contributed by atoms with van der Waals surface area (Å²) >= 11 is 15.5. The van der Waals surface area contributed by atoms with E-state index in [1.165, 1.54) is 24.3 Å². The normalized spacial score (nSPS) is 11.2. The molecule has 1 N–H and O–H groups in total. The molecule has 1 heterocycles. The number of aryl methyl sites for hydroxylation is 1. The van der Waals surface area contributed by atoms with Crippen LogP contribution >= 0.6 is 39.1 Å². The molecule has 3 aromatic rings. The number of carbonyl (C=O) groups excluding carboxylic acids is 1. The summed E-state index contributed by atoms with van der Waals surface area (Å²) in [4.78, 5) is 23.0. The zero-order valence-corrected chi connectivity index (χ0v) is 19.9. The van der Waals surface area contributed by atoms with Crippen LogP contribution in [0.1, 0.15) is 17.0 Å². The smallest absolute Gasteiger partial charge is 0.270 e. The number of nitro groups is 1. The summed E-state index contributed by atoms with van der Waals surface area (Å²) in [6.45, 7) is 3.74. The van der Waals surface area contributed by atoms with E-state index in [1.807, 2.05) is 30.6 Å². The summed E-state index contributed by atoms with van der Waals surface area (Å²) in [6, 6.07) is 12.9. The summed E-state index contributed by atoms with van der Waals surface area (Å²) < 4.78 is 2.25. The summed E-state index contributed by atoms with van der Waals surface area (Å²) in [7, 11) is 0. The second-order valence-electron chi connectivity index (χ2n) is 6.83. The van der Waals surface area contributed by atoms with Crippen LogP contribution in [0.5, 0.6) is 0 Å². The third-order valence-corrected chi connectivity index (χ3v) is 5.74. The van der Waals surface area contributed by atoms with E-state index in [0.717, 1.165) is 17.1 Å². The van der Waals surface area contributed by atoms with Crippen molar-refractivity contribution >= 4 is 62.5 Å². The molecule has 32 heavy (non-hydrogen) atoms. The summed E-state index contributed by atoms with van der Waals surface area (Å²) in [5.74, 6) is -0.641. The number of amides is 1. The van der Waals surface area contributed by atoms with Crippen LogP contribution in [0.25, 0.3) is 11.8 Å². The molecule has 0 saturated heterocycles. The highest BCUT2D eigenvalue weighted by Crippen LogP contribution is 2.29. The number of carbonyl (C=O) groups is 1. The van der Waals surface area contributed by atoms with E-state index in [0.29, 0.717) is 25.8 Å². The van der Waals surface area contributed by atoms with Crippen LogP contribution in [0, 0.1) is 35.3 Å². The molecular formula is C22H15BrCl2N4O3. The first-order valence-electron chi connectivity index (χ1n) is 9.13. The van der Waals surface area contributed by atoms with Gasteiger partial charge in [-0.3, -0.25) is 14.9 Å². The third-order valence-electron chi connectivity index (χ3n) is 4.65. The minimum atomic E-state index is -0.641. The molecule has 0 bridgehead atoms. The van der Waals surface area contributed by atoms with Gasteiger partial charge in [0.25, 0.3) is 11.6 Å². The molecule has 0 unspecified atom stereocenters. The maximum Gasteiger partial charge on any atom is 0.270 e. The second-order valence-corrected chi connectivity index (χ2v) is 8.56. The van der Waals surface area contributed by atoms with E-state index in [-0.39, 0.29) is 11.3 Å². The molecule has 0 atom stereocenters. The van der Waals surface area contributed by atoms with Crippen LogP contribution in [0.3, 0.4) is 0 Å². The summed E-state index contributed by atoms with van der Waals surface area (Å²) in [6.07, 6.45) is 1.49. The van der Waals surface area contributed by atoms with Gasteiger partial charge in [0.05, 0.1) is 10.6 Å². The van der Waals surface area contributed by atoms with E-state index in [1.54, 1.807) is 18.2 Å². The van der Waals surface area contributed by atoms with E-state index in [9.17, 15) is 20.2 Å².